The molecule has 0 fully saturated rings. The van der Waals surface area contributed by atoms with E-state index in [1.807, 2.05) is 0 Å². The Balaban J connectivity index is 3.00. The van der Waals surface area contributed by atoms with Crippen molar-refractivity contribution in [3.8, 4) is 0 Å². The second kappa shape index (κ2) is 9.14. The van der Waals surface area contributed by atoms with E-state index in [0.717, 1.165) is 25.7 Å². The third-order valence-electron chi connectivity index (χ3n) is 3.78. The normalized spacial score (nSPS) is 12.6. The maximum Gasteiger partial charge on any atom is 0.0795 e. The van der Waals surface area contributed by atoms with E-state index in [1.54, 1.807) is 0 Å². The van der Waals surface area contributed by atoms with E-state index in [1.165, 1.54) is 42.4 Å². The summed E-state index contributed by atoms with van der Waals surface area (Å²) in [6, 6.07) is 6.58. The molecule has 0 aromatic heterocycles. The lowest BCUT2D eigenvalue weighted by Crippen LogP contribution is -2.07. The zero-order valence-electron chi connectivity index (χ0n) is 12.9. The average molecular weight is 262 g/mol. The third kappa shape index (κ3) is 4.99. The quantitative estimate of drug-likeness (QED) is 0.648. The first-order chi connectivity index (χ1) is 9.24. The lowest BCUT2D eigenvalue weighted by atomic mass is 9.89. The van der Waals surface area contributed by atoms with E-state index >= 15 is 0 Å². The van der Waals surface area contributed by atoms with Crippen LogP contribution in [0.1, 0.15) is 82.1 Å². The van der Waals surface area contributed by atoms with E-state index in [2.05, 4.69) is 39.0 Å². The highest BCUT2D eigenvalue weighted by Crippen LogP contribution is 2.28. The van der Waals surface area contributed by atoms with Crippen molar-refractivity contribution in [1.29, 1.82) is 0 Å². The van der Waals surface area contributed by atoms with Gasteiger partial charge in [0.1, 0.15) is 0 Å². The van der Waals surface area contributed by atoms with Crippen LogP contribution in [0.4, 0.5) is 0 Å². The first-order valence-electron chi connectivity index (χ1n) is 8.03. The summed E-state index contributed by atoms with van der Waals surface area (Å²) < 4.78 is 0. The molecule has 0 bridgehead atoms. The highest BCUT2D eigenvalue weighted by molar-refractivity contribution is 5.37. The Kier molecular flexibility index (Phi) is 7.81. The standard InChI is InChI=1S/C18H30O/c1-4-7-11-15-13-9-14-16(12-8-5-2)18(15)17(19)10-6-3/h9,13-14,17,19H,4-8,10-12H2,1-3H3. The predicted octanol–water partition coefficient (Wildman–Crippen LogP) is 5.21. The number of aliphatic hydroxyl groups is 1. The second-order valence-corrected chi connectivity index (χ2v) is 5.50. The highest BCUT2D eigenvalue weighted by atomic mass is 16.3. The molecule has 0 spiro atoms. The maximum absolute atomic E-state index is 10.5. The van der Waals surface area contributed by atoms with Gasteiger partial charge in [0.25, 0.3) is 0 Å². The Morgan fingerprint density at radius 1 is 0.895 bits per heavy atom. The van der Waals surface area contributed by atoms with Gasteiger partial charge >= 0.3 is 0 Å². The predicted molar refractivity (Wildman–Crippen MR) is 83.5 cm³/mol. The molecule has 0 amide bonds. The number of aliphatic hydroxyl groups excluding tert-OH is 1. The van der Waals surface area contributed by atoms with Crippen molar-refractivity contribution < 1.29 is 5.11 Å². The summed E-state index contributed by atoms with van der Waals surface area (Å²) in [5, 5.41) is 10.5. The van der Waals surface area contributed by atoms with Crippen molar-refractivity contribution >= 4 is 0 Å². The molecule has 1 aromatic rings. The molecule has 0 aliphatic rings. The lowest BCUT2D eigenvalue weighted by Gasteiger charge is -2.19. The first-order valence-corrected chi connectivity index (χ1v) is 8.03. The van der Waals surface area contributed by atoms with E-state index < -0.39 is 0 Å². The van der Waals surface area contributed by atoms with Gasteiger partial charge < -0.3 is 5.11 Å². The Labute approximate surface area is 119 Å². The van der Waals surface area contributed by atoms with Gasteiger partial charge in [0.2, 0.25) is 0 Å². The minimum Gasteiger partial charge on any atom is -0.388 e. The number of rotatable bonds is 9. The van der Waals surface area contributed by atoms with Gasteiger partial charge in [-0.1, -0.05) is 58.2 Å². The molecule has 1 aromatic carbocycles. The van der Waals surface area contributed by atoms with Crippen LogP contribution >= 0.6 is 0 Å². The molecule has 1 heteroatoms. The summed E-state index contributed by atoms with van der Waals surface area (Å²) in [4.78, 5) is 0. The number of hydrogen-bond acceptors (Lipinski definition) is 1. The molecular weight excluding hydrogens is 232 g/mol. The average Bonchev–Trinajstić information content (AvgIpc) is 2.42. The molecule has 1 atom stereocenters. The Bertz CT molecular complexity index is 330. The van der Waals surface area contributed by atoms with Crippen LogP contribution in [0.5, 0.6) is 0 Å². The molecule has 1 nitrogen and oxygen atoms in total. The van der Waals surface area contributed by atoms with Gasteiger partial charge in [0.05, 0.1) is 6.10 Å². The molecule has 1 unspecified atom stereocenters. The minimum atomic E-state index is -0.273. The van der Waals surface area contributed by atoms with Crippen molar-refractivity contribution in [2.24, 2.45) is 0 Å². The summed E-state index contributed by atoms with van der Waals surface area (Å²) in [7, 11) is 0. The largest absolute Gasteiger partial charge is 0.388 e. The lowest BCUT2D eigenvalue weighted by molar-refractivity contribution is 0.164. The third-order valence-corrected chi connectivity index (χ3v) is 3.78. The number of unbranched alkanes of at least 4 members (excludes halogenated alkanes) is 2. The van der Waals surface area contributed by atoms with Gasteiger partial charge in [-0.15, -0.1) is 0 Å². The van der Waals surface area contributed by atoms with Crippen LogP contribution in [-0.4, -0.2) is 5.11 Å². The van der Waals surface area contributed by atoms with Gasteiger partial charge in [0, 0.05) is 0 Å². The van der Waals surface area contributed by atoms with Crippen LogP contribution < -0.4 is 0 Å². The smallest absolute Gasteiger partial charge is 0.0795 e. The van der Waals surface area contributed by atoms with Gasteiger partial charge in [-0.3, -0.25) is 0 Å². The van der Waals surface area contributed by atoms with Crippen molar-refractivity contribution in [3.63, 3.8) is 0 Å². The Morgan fingerprint density at radius 3 is 1.84 bits per heavy atom. The zero-order valence-corrected chi connectivity index (χ0v) is 12.9. The van der Waals surface area contributed by atoms with Gasteiger partial charge in [-0.25, -0.2) is 0 Å². The van der Waals surface area contributed by atoms with Crippen LogP contribution in [0, 0.1) is 0 Å². The van der Waals surface area contributed by atoms with Crippen molar-refractivity contribution in [2.45, 2.75) is 78.2 Å². The fourth-order valence-corrected chi connectivity index (χ4v) is 2.68. The Hall–Kier alpha value is -0.820. The monoisotopic (exact) mass is 262 g/mol. The minimum absolute atomic E-state index is 0.273. The van der Waals surface area contributed by atoms with Crippen LogP contribution in [-0.2, 0) is 12.8 Å². The van der Waals surface area contributed by atoms with E-state index in [-0.39, 0.29) is 6.10 Å². The molecule has 0 radical (unpaired) electrons. The molecule has 0 heterocycles. The number of aryl methyl sites for hydroxylation is 2. The Morgan fingerprint density at radius 2 is 1.42 bits per heavy atom. The topological polar surface area (TPSA) is 20.2 Å². The molecule has 0 saturated carbocycles. The van der Waals surface area contributed by atoms with Gasteiger partial charge in [0.15, 0.2) is 0 Å². The molecule has 0 aliphatic carbocycles. The van der Waals surface area contributed by atoms with Crippen molar-refractivity contribution in [1.82, 2.24) is 0 Å². The van der Waals surface area contributed by atoms with E-state index in [0.29, 0.717) is 0 Å². The first kappa shape index (κ1) is 16.2. The summed E-state index contributed by atoms with van der Waals surface area (Å²) in [6.45, 7) is 6.59. The number of benzene rings is 1. The summed E-state index contributed by atoms with van der Waals surface area (Å²) in [6.07, 6.45) is 8.69. The van der Waals surface area contributed by atoms with Crippen molar-refractivity contribution in [3.05, 3.63) is 34.9 Å². The summed E-state index contributed by atoms with van der Waals surface area (Å²) in [5.74, 6) is 0. The second-order valence-electron chi connectivity index (χ2n) is 5.50. The SMILES string of the molecule is CCCCc1cccc(CCCC)c1C(O)CCC. The van der Waals surface area contributed by atoms with Gasteiger partial charge in [-0.05, 0) is 48.8 Å². The van der Waals surface area contributed by atoms with E-state index in [9.17, 15) is 5.11 Å². The maximum atomic E-state index is 10.5. The molecule has 0 saturated heterocycles. The molecule has 0 aliphatic heterocycles. The van der Waals surface area contributed by atoms with Crippen LogP contribution in [0.2, 0.25) is 0 Å². The van der Waals surface area contributed by atoms with Crippen molar-refractivity contribution in [2.75, 3.05) is 0 Å². The summed E-state index contributed by atoms with van der Waals surface area (Å²) in [5.41, 5.74) is 3.99. The fraction of sp³-hybridized carbons (Fsp3) is 0.667. The molecule has 1 rings (SSSR count). The molecule has 19 heavy (non-hydrogen) atoms. The van der Waals surface area contributed by atoms with Crippen LogP contribution in [0.3, 0.4) is 0 Å². The zero-order chi connectivity index (χ0) is 14.1. The number of hydrogen-bond donors (Lipinski definition) is 1. The van der Waals surface area contributed by atoms with E-state index in [4.69, 9.17) is 0 Å². The van der Waals surface area contributed by atoms with Gasteiger partial charge in [-0.2, -0.15) is 0 Å². The molecular formula is C18H30O. The molecule has 1 N–H and O–H groups in total. The van der Waals surface area contributed by atoms with Crippen LogP contribution in [0.15, 0.2) is 18.2 Å². The van der Waals surface area contributed by atoms with Crippen LogP contribution in [0.25, 0.3) is 0 Å². The fourth-order valence-electron chi connectivity index (χ4n) is 2.68. The molecule has 108 valence electrons. The highest BCUT2D eigenvalue weighted by Gasteiger charge is 2.15. The summed E-state index contributed by atoms with van der Waals surface area (Å²) >= 11 is 0.